The van der Waals surface area contributed by atoms with Crippen molar-refractivity contribution in [1.29, 1.82) is 0 Å². The molecule has 1 aliphatic heterocycles. The van der Waals surface area contributed by atoms with E-state index in [-0.39, 0.29) is 17.7 Å². The molecule has 6 nitrogen and oxygen atoms in total. The van der Waals surface area contributed by atoms with Gasteiger partial charge in [0.2, 0.25) is 5.91 Å². The van der Waals surface area contributed by atoms with Gasteiger partial charge in [0, 0.05) is 30.3 Å². The van der Waals surface area contributed by atoms with Crippen molar-refractivity contribution in [1.82, 2.24) is 15.1 Å². The molecule has 1 aromatic heterocycles. The van der Waals surface area contributed by atoms with E-state index < -0.39 is 0 Å². The topological polar surface area (TPSA) is 76.0 Å². The molecule has 1 saturated heterocycles. The van der Waals surface area contributed by atoms with E-state index >= 15 is 0 Å². The summed E-state index contributed by atoms with van der Waals surface area (Å²) in [5.74, 6) is -0.0457. The Labute approximate surface area is 163 Å². The van der Waals surface area contributed by atoms with E-state index in [1.165, 1.54) is 5.56 Å². The zero-order chi connectivity index (χ0) is 19.7. The Balaban J connectivity index is 1.52. The van der Waals surface area contributed by atoms with Crippen LogP contribution in [0.2, 0.25) is 0 Å². The van der Waals surface area contributed by atoms with Gasteiger partial charge in [-0.25, -0.2) is 4.68 Å². The summed E-state index contributed by atoms with van der Waals surface area (Å²) in [6, 6.07) is 17.4. The third-order valence-electron chi connectivity index (χ3n) is 4.99. The van der Waals surface area contributed by atoms with Gasteiger partial charge in [-0.3, -0.25) is 9.59 Å². The fourth-order valence-electron chi connectivity index (χ4n) is 3.44. The van der Waals surface area contributed by atoms with E-state index in [4.69, 9.17) is 0 Å². The SMILES string of the molecule is Cc1ccc(-n2nc(C(=O)Nc3cccc(C4CNC(=O)C4)c3)cc2C)cc1. The van der Waals surface area contributed by atoms with Crippen molar-refractivity contribution in [3.8, 4) is 5.69 Å². The number of hydrogen-bond donors (Lipinski definition) is 2. The minimum atomic E-state index is -0.258. The molecule has 4 rings (SSSR count). The van der Waals surface area contributed by atoms with Crippen molar-refractivity contribution in [2.45, 2.75) is 26.2 Å². The molecule has 2 amide bonds. The molecule has 1 atom stereocenters. The number of aryl methyl sites for hydroxylation is 2. The van der Waals surface area contributed by atoms with Gasteiger partial charge in [-0.05, 0) is 49.7 Å². The van der Waals surface area contributed by atoms with Crippen molar-refractivity contribution in [2.75, 3.05) is 11.9 Å². The predicted octanol–water partition coefficient (Wildman–Crippen LogP) is 3.34. The second-order valence-corrected chi connectivity index (χ2v) is 7.20. The van der Waals surface area contributed by atoms with Crippen LogP contribution in [0.3, 0.4) is 0 Å². The van der Waals surface area contributed by atoms with Gasteiger partial charge in [-0.1, -0.05) is 29.8 Å². The maximum absolute atomic E-state index is 12.7. The molecule has 1 fully saturated rings. The molecule has 6 heteroatoms. The van der Waals surface area contributed by atoms with Crippen LogP contribution < -0.4 is 10.6 Å². The van der Waals surface area contributed by atoms with Gasteiger partial charge in [-0.15, -0.1) is 0 Å². The summed E-state index contributed by atoms with van der Waals surface area (Å²) in [6.45, 7) is 4.59. The largest absolute Gasteiger partial charge is 0.355 e. The maximum atomic E-state index is 12.7. The predicted molar refractivity (Wildman–Crippen MR) is 108 cm³/mol. The smallest absolute Gasteiger partial charge is 0.276 e. The third-order valence-corrected chi connectivity index (χ3v) is 4.99. The van der Waals surface area contributed by atoms with Crippen LogP contribution in [-0.2, 0) is 4.79 Å². The fraction of sp³-hybridized carbons (Fsp3) is 0.227. The maximum Gasteiger partial charge on any atom is 0.276 e. The molecular formula is C22H22N4O2. The van der Waals surface area contributed by atoms with Gasteiger partial charge in [-0.2, -0.15) is 5.10 Å². The summed E-state index contributed by atoms with van der Waals surface area (Å²) in [4.78, 5) is 24.1. The average Bonchev–Trinajstić information content (AvgIpc) is 3.29. The fourth-order valence-corrected chi connectivity index (χ4v) is 3.44. The van der Waals surface area contributed by atoms with Crippen molar-refractivity contribution in [3.05, 3.63) is 77.1 Å². The van der Waals surface area contributed by atoms with E-state index in [9.17, 15) is 9.59 Å². The lowest BCUT2D eigenvalue weighted by Gasteiger charge is -2.10. The Bertz CT molecular complexity index is 1040. The first-order valence-electron chi connectivity index (χ1n) is 9.31. The van der Waals surface area contributed by atoms with Crippen molar-refractivity contribution in [2.24, 2.45) is 0 Å². The minimum absolute atomic E-state index is 0.0663. The van der Waals surface area contributed by atoms with Crippen molar-refractivity contribution >= 4 is 17.5 Å². The van der Waals surface area contributed by atoms with Crippen LogP contribution in [0.25, 0.3) is 5.69 Å². The molecule has 2 heterocycles. The summed E-state index contributed by atoms with van der Waals surface area (Å²) in [7, 11) is 0. The highest BCUT2D eigenvalue weighted by Gasteiger charge is 2.23. The molecule has 0 bridgehead atoms. The molecule has 0 radical (unpaired) electrons. The standard InChI is InChI=1S/C22H22N4O2/c1-14-6-8-19(9-7-14)26-15(2)10-20(25-26)22(28)24-18-5-3-4-16(11-18)17-12-21(27)23-13-17/h3-11,17H,12-13H2,1-2H3,(H,23,27)(H,24,28). The number of anilines is 1. The van der Waals surface area contributed by atoms with Gasteiger partial charge >= 0.3 is 0 Å². The summed E-state index contributed by atoms with van der Waals surface area (Å²) in [5, 5.41) is 10.2. The van der Waals surface area contributed by atoms with Crippen LogP contribution in [0.15, 0.2) is 54.6 Å². The summed E-state index contributed by atoms with van der Waals surface area (Å²) >= 11 is 0. The summed E-state index contributed by atoms with van der Waals surface area (Å²) in [6.07, 6.45) is 0.484. The molecule has 142 valence electrons. The van der Waals surface area contributed by atoms with Gasteiger partial charge in [0.1, 0.15) is 0 Å². The number of amides is 2. The Kier molecular flexibility index (Phi) is 4.69. The molecule has 2 aromatic carbocycles. The van der Waals surface area contributed by atoms with Gasteiger partial charge in [0.25, 0.3) is 5.91 Å². The average molecular weight is 374 g/mol. The minimum Gasteiger partial charge on any atom is -0.355 e. The van der Waals surface area contributed by atoms with Crippen LogP contribution in [0.5, 0.6) is 0 Å². The highest BCUT2D eigenvalue weighted by molar-refractivity contribution is 6.03. The lowest BCUT2D eigenvalue weighted by atomic mass is 9.98. The van der Waals surface area contributed by atoms with Gasteiger partial charge < -0.3 is 10.6 Å². The molecule has 28 heavy (non-hydrogen) atoms. The van der Waals surface area contributed by atoms with Crippen LogP contribution in [0, 0.1) is 13.8 Å². The molecule has 3 aromatic rings. The quantitative estimate of drug-likeness (QED) is 0.735. The second-order valence-electron chi connectivity index (χ2n) is 7.20. The number of aromatic nitrogens is 2. The van der Waals surface area contributed by atoms with Crippen LogP contribution in [0.1, 0.15) is 39.6 Å². The number of hydrogen-bond acceptors (Lipinski definition) is 3. The number of carbonyl (C=O) groups is 2. The van der Waals surface area contributed by atoms with Crippen LogP contribution in [-0.4, -0.2) is 28.1 Å². The molecule has 1 aliphatic rings. The Hall–Kier alpha value is -3.41. The number of nitrogens with one attached hydrogen (secondary N) is 2. The van der Waals surface area contributed by atoms with Gasteiger partial charge in [0.15, 0.2) is 5.69 Å². The van der Waals surface area contributed by atoms with E-state index in [0.29, 0.717) is 24.3 Å². The first kappa shape index (κ1) is 18.0. The van der Waals surface area contributed by atoms with Gasteiger partial charge in [0.05, 0.1) is 5.69 Å². The first-order chi connectivity index (χ1) is 13.5. The molecule has 1 unspecified atom stereocenters. The number of carbonyl (C=O) groups excluding carboxylic acids is 2. The lowest BCUT2D eigenvalue weighted by Crippen LogP contribution is -2.14. The first-order valence-corrected chi connectivity index (χ1v) is 9.31. The number of nitrogens with zero attached hydrogens (tertiary/aromatic N) is 2. The van der Waals surface area contributed by atoms with Crippen molar-refractivity contribution < 1.29 is 9.59 Å². The zero-order valence-electron chi connectivity index (χ0n) is 15.9. The van der Waals surface area contributed by atoms with Crippen LogP contribution in [0.4, 0.5) is 5.69 Å². The van der Waals surface area contributed by atoms with E-state index in [0.717, 1.165) is 16.9 Å². The monoisotopic (exact) mass is 374 g/mol. The Morgan fingerprint density at radius 1 is 1.14 bits per heavy atom. The molecule has 0 aliphatic carbocycles. The Morgan fingerprint density at radius 2 is 1.93 bits per heavy atom. The summed E-state index contributed by atoms with van der Waals surface area (Å²) in [5.41, 5.74) is 5.08. The molecule has 2 N–H and O–H groups in total. The zero-order valence-corrected chi connectivity index (χ0v) is 15.9. The number of benzene rings is 2. The summed E-state index contributed by atoms with van der Waals surface area (Å²) < 4.78 is 1.76. The number of rotatable bonds is 4. The van der Waals surface area contributed by atoms with E-state index in [1.807, 2.05) is 62.4 Å². The lowest BCUT2D eigenvalue weighted by molar-refractivity contribution is -0.119. The van der Waals surface area contributed by atoms with E-state index in [2.05, 4.69) is 15.7 Å². The highest BCUT2D eigenvalue weighted by atomic mass is 16.2. The van der Waals surface area contributed by atoms with E-state index in [1.54, 1.807) is 10.7 Å². The van der Waals surface area contributed by atoms with Crippen LogP contribution >= 0.6 is 0 Å². The normalized spacial score (nSPS) is 16.1. The van der Waals surface area contributed by atoms with Crippen molar-refractivity contribution in [3.63, 3.8) is 0 Å². The molecule has 0 saturated carbocycles. The third kappa shape index (κ3) is 3.67. The molecular weight excluding hydrogens is 352 g/mol. The second kappa shape index (κ2) is 7.31. The Morgan fingerprint density at radius 3 is 2.64 bits per heavy atom. The highest BCUT2D eigenvalue weighted by Crippen LogP contribution is 2.25. The molecule has 0 spiro atoms.